The molecule has 0 aliphatic heterocycles. The molecule has 1 aromatic rings. The van der Waals surface area contributed by atoms with Crippen LogP contribution in [0.5, 0.6) is 5.75 Å². The Morgan fingerprint density at radius 3 is 2.65 bits per heavy atom. The molecule has 0 heterocycles. The van der Waals surface area contributed by atoms with Crippen LogP contribution in [0, 0.1) is 10.1 Å². The summed E-state index contributed by atoms with van der Waals surface area (Å²) in [6.07, 6.45) is 3.74. The number of rotatable bonds is 9. The fourth-order valence-electron chi connectivity index (χ4n) is 1.91. The van der Waals surface area contributed by atoms with E-state index in [-0.39, 0.29) is 10.6 Å². The van der Waals surface area contributed by atoms with Crippen LogP contribution in [0.3, 0.4) is 0 Å². The van der Waals surface area contributed by atoms with E-state index in [9.17, 15) is 10.1 Å². The SMILES string of the molecule is CCCCOc1ccc(CCCN(C)C)cc1[N+](=O)[O-]. The third kappa shape index (κ3) is 5.57. The number of hydrogen-bond donors (Lipinski definition) is 0. The van der Waals surface area contributed by atoms with Crippen molar-refractivity contribution in [3.8, 4) is 5.75 Å². The van der Waals surface area contributed by atoms with E-state index < -0.39 is 0 Å². The summed E-state index contributed by atoms with van der Waals surface area (Å²) in [5, 5.41) is 11.1. The molecule has 5 heteroatoms. The van der Waals surface area contributed by atoms with Gasteiger partial charge in [0.05, 0.1) is 11.5 Å². The van der Waals surface area contributed by atoms with Gasteiger partial charge in [-0.05, 0) is 51.5 Å². The van der Waals surface area contributed by atoms with Gasteiger partial charge in [0.15, 0.2) is 5.75 Å². The van der Waals surface area contributed by atoms with Crippen molar-refractivity contribution in [3.63, 3.8) is 0 Å². The third-order valence-corrected chi connectivity index (χ3v) is 3.05. The van der Waals surface area contributed by atoms with Crippen molar-refractivity contribution >= 4 is 5.69 Å². The highest BCUT2D eigenvalue weighted by atomic mass is 16.6. The Hall–Kier alpha value is -1.62. The molecule has 5 nitrogen and oxygen atoms in total. The lowest BCUT2D eigenvalue weighted by molar-refractivity contribution is -0.385. The molecule has 0 N–H and O–H groups in total. The molecule has 0 aliphatic rings. The fraction of sp³-hybridized carbons (Fsp3) is 0.600. The lowest BCUT2D eigenvalue weighted by Gasteiger charge is -2.10. The molecule has 0 amide bonds. The molecule has 0 spiro atoms. The van der Waals surface area contributed by atoms with Gasteiger partial charge in [-0.3, -0.25) is 10.1 Å². The molecule has 0 saturated carbocycles. The van der Waals surface area contributed by atoms with Gasteiger partial charge in [-0.25, -0.2) is 0 Å². The van der Waals surface area contributed by atoms with Crippen LogP contribution in [0.2, 0.25) is 0 Å². The zero-order valence-electron chi connectivity index (χ0n) is 12.6. The molecule has 20 heavy (non-hydrogen) atoms. The molecule has 0 radical (unpaired) electrons. The normalized spacial score (nSPS) is 10.8. The zero-order valence-corrected chi connectivity index (χ0v) is 12.6. The maximum absolute atomic E-state index is 11.1. The number of unbranched alkanes of at least 4 members (excludes halogenated alkanes) is 1. The average molecular weight is 280 g/mol. The number of nitro groups is 1. The minimum Gasteiger partial charge on any atom is -0.487 e. The first-order valence-corrected chi connectivity index (χ1v) is 7.09. The maximum atomic E-state index is 11.1. The number of aryl methyl sites for hydroxylation is 1. The summed E-state index contributed by atoms with van der Waals surface area (Å²) < 4.78 is 5.49. The molecular formula is C15H24N2O3. The van der Waals surface area contributed by atoms with Crippen molar-refractivity contribution in [2.75, 3.05) is 27.2 Å². The number of ether oxygens (including phenoxy) is 1. The largest absolute Gasteiger partial charge is 0.487 e. The topological polar surface area (TPSA) is 55.6 Å². The molecule has 0 saturated heterocycles. The highest BCUT2D eigenvalue weighted by molar-refractivity contribution is 5.48. The Morgan fingerprint density at radius 2 is 2.05 bits per heavy atom. The van der Waals surface area contributed by atoms with E-state index >= 15 is 0 Å². The van der Waals surface area contributed by atoms with Gasteiger partial charge in [0.2, 0.25) is 0 Å². The Kier molecular flexibility index (Phi) is 7.01. The number of benzene rings is 1. The minimum atomic E-state index is -0.364. The summed E-state index contributed by atoms with van der Waals surface area (Å²) in [5.74, 6) is 0.375. The van der Waals surface area contributed by atoms with Gasteiger partial charge in [0.1, 0.15) is 0 Å². The van der Waals surface area contributed by atoms with E-state index in [2.05, 4.69) is 11.8 Å². The van der Waals surface area contributed by atoms with Gasteiger partial charge < -0.3 is 9.64 Å². The highest BCUT2D eigenvalue weighted by Crippen LogP contribution is 2.28. The standard InChI is InChI=1S/C15H24N2O3/c1-4-5-11-20-15-9-8-13(7-6-10-16(2)3)12-14(15)17(18)19/h8-9,12H,4-7,10-11H2,1-3H3. The number of hydrogen-bond acceptors (Lipinski definition) is 4. The van der Waals surface area contributed by atoms with Crippen LogP contribution in [0.15, 0.2) is 18.2 Å². The van der Waals surface area contributed by atoms with Crippen molar-refractivity contribution in [1.82, 2.24) is 4.90 Å². The third-order valence-electron chi connectivity index (χ3n) is 3.05. The smallest absolute Gasteiger partial charge is 0.311 e. The molecule has 0 aliphatic carbocycles. The summed E-state index contributed by atoms with van der Waals surface area (Å²) in [6, 6.07) is 5.28. The maximum Gasteiger partial charge on any atom is 0.311 e. The predicted octanol–water partition coefficient (Wildman–Crippen LogP) is 3.27. The minimum absolute atomic E-state index is 0.0726. The van der Waals surface area contributed by atoms with Gasteiger partial charge in [-0.2, -0.15) is 0 Å². The van der Waals surface area contributed by atoms with Crippen molar-refractivity contribution in [2.45, 2.75) is 32.6 Å². The second-order valence-corrected chi connectivity index (χ2v) is 5.17. The summed E-state index contributed by atoms with van der Waals surface area (Å²) >= 11 is 0. The zero-order chi connectivity index (χ0) is 15.0. The van der Waals surface area contributed by atoms with Crippen molar-refractivity contribution in [1.29, 1.82) is 0 Å². The molecular weight excluding hydrogens is 256 g/mol. The quantitative estimate of drug-likeness (QED) is 0.396. The summed E-state index contributed by atoms with van der Waals surface area (Å²) in [5.41, 5.74) is 1.06. The molecule has 0 unspecified atom stereocenters. The van der Waals surface area contributed by atoms with Crippen LogP contribution in [-0.4, -0.2) is 37.1 Å². The number of nitro benzene ring substituents is 1. The molecule has 1 rings (SSSR count). The summed E-state index contributed by atoms with van der Waals surface area (Å²) in [4.78, 5) is 12.8. The van der Waals surface area contributed by atoms with Gasteiger partial charge in [0, 0.05) is 6.07 Å². The fourth-order valence-corrected chi connectivity index (χ4v) is 1.91. The summed E-state index contributed by atoms with van der Waals surface area (Å²) in [7, 11) is 4.04. The Balaban J connectivity index is 2.71. The predicted molar refractivity (Wildman–Crippen MR) is 80.4 cm³/mol. The molecule has 0 fully saturated rings. The van der Waals surface area contributed by atoms with Gasteiger partial charge in [-0.1, -0.05) is 19.4 Å². The first-order valence-electron chi connectivity index (χ1n) is 7.09. The van der Waals surface area contributed by atoms with Crippen molar-refractivity contribution in [3.05, 3.63) is 33.9 Å². The lowest BCUT2D eigenvalue weighted by Crippen LogP contribution is -2.13. The highest BCUT2D eigenvalue weighted by Gasteiger charge is 2.15. The van der Waals surface area contributed by atoms with Crippen molar-refractivity contribution < 1.29 is 9.66 Å². The monoisotopic (exact) mass is 280 g/mol. The average Bonchev–Trinajstić information content (AvgIpc) is 2.39. The second kappa shape index (κ2) is 8.53. The van der Waals surface area contributed by atoms with E-state index in [1.165, 1.54) is 0 Å². The molecule has 0 atom stereocenters. The van der Waals surface area contributed by atoms with Gasteiger partial charge in [-0.15, -0.1) is 0 Å². The van der Waals surface area contributed by atoms with E-state index in [0.29, 0.717) is 12.4 Å². The van der Waals surface area contributed by atoms with Crippen LogP contribution >= 0.6 is 0 Å². The first-order chi connectivity index (χ1) is 9.54. The Bertz CT molecular complexity index is 433. The van der Waals surface area contributed by atoms with E-state index in [1.807, 2.05) is 20.2 Å². The van der Waals surface area contributed by atoms with Crippen molar-refractivity contribution in [2.24, 2.45) is 0 Å². The van der Waals surface area contributed by atoms with Crippen LogP contribution in [0.1, 0.15) is 31.7 Å². The summed E-state index contributed by atoms with van der Waals surface area (Å²) in [6.45, 7) is 3.56. The van der Waals surface area contributed by atoms with E-state index in [0.717, 1.165) is 37.8 Å². The molecule has 0 bridgehead atoms. The van der Waals surface area contributed by atoms with E-state index in [4.69, 9.17) is 4.74 Å². The number of nitrogens with zero attached hydrogens (tertiary/aromatic N) is 2. The second-order valence-electron chi connectivity index (χ2n) is 5.17. The molecule has 1 aromatic carbocycles. The van der Waals surface area contributed by atoms with Crippen LogP contribution < -0.4 is 4.74 Å². The lowest BCUT2D eigenvalue weighted by atomic mass is 10.1. The first kappa shape index (κ1) is 16.4. The Labute approximate surface area is 120 Å². The van der Waals surface area contributed by atoms with E-state index in [1.54, 1.807) is 12.1 Å². The van der Waals surface area contributed by atoms with Crippen LogP contribution in [0.4, 0.5) is 5.69 Å². The Morgan fingerprint density at radius 1 is 1.30 bits per heavy atom. The van der Waals surface area contributed by atoms with Gasteiger partial charge in [0.25, 0.3) is 0 Å². The molecule has 0 aromatic heterocycles. The molecule has 112 valence electrons. The van der Waals surface area contributed by atoms with Crippen LogP contribution in [0.25, 0.3) is 0 Å². The van der Waals surface area contributed by atoms with Crippen LogP contribution in [-0.2, 0) is 6.42 Å². The van der Waals surface area contributed by atoms with Gasteiger partial charge >= 0.3 is 5.69 Å².